The van der Waals surface area contributed by atoms with Crippen LogP contribution >= 0.6 is 11.3 Å². The first kappa shape index (κ1) is 16.0. The molecule has 5 nitrogen and oxygen atoms in total. The van der Waals surface area contributed by atoms with Gasteiger partial charge in [0.05, 0.1) is 26.2 Å². The van der Waals surface area contributed by atoms with Crippen LogP contribution in [0.15, 0.2) is 35.3 Å². The van der Waals surface area contributed by atoms with E-state index in [0.717, 1.165) is 16.2 Å². The van der Waals surface area contributed by atoms with Gasteiger partial charge in [0.15, 0.2) is 0 Å². The molecule has 0 fully saturated rings. The Morgan fingerprint density at radius 1 is 1.23 bits per heavy atom. The lowest BCUT2D eigenvalue weighted by Crippen LogP contribution is -2.07. The van der Waals surface area contributed by atoms with E-state index in [0.29, 0.717) is 10.6 Å². The van der Waals surface area contributed by atoms with Crippen LogP contribution in [-0.2, 0) is 4.74 Å². The molecule has 0 saturated heterocycles. The molecule has 1 aromatic heterocycles. The largest absolute Gasteiger partial charge is 0.497 e. The summed E-state index contributed by atoms with van der Waals surface area (Å²) in [5, 5.41) is 0. The van der Waals surface area contributed by atoms with E-state index >= 15 is 0 Å². The second-order valence-electron chi connectivity index (χ2n) is 4.75. The van der Waals surface area contributed by atoms with Gasteiger partial charge < -0.3 is 14.4 Å². The molecule has 0 bridgehead atoms. The topological polar surface area (TPSA) is 51.1 Å². The van der Waals surface area contributed by atoms with E-state index in [1.165, 1.54) is 18.4 Å². The highest BCUT2D eigenvalue weighted by Gasteiger charge is 2.17. The average Bonchev–Trinajstić information content (AvgIpc) is 2.96. The van der Waals surface area contributed by atoms with Gasteiger partial charge in [-0.1, -0.05) is 0 Å². The fourth-order valence-corrected chi connectivity index (χ4v) is 2.82. The van der Waals surface area contributed by atoms with E-state index in [1.807, 2.05) is 49.3 Å². The summed E-state index contributed by atoms with van der Waals surface area (Å²) in [5.41, 5.74) is 1.61. The number of methoxy groups -OCH3 is 2. The normalized spacial score (nSPS) is 10.7. The molecule has 0 aliphatic heterocycles. The molecule has 0 saturated carbocycles. The third-order valence-electron chi connectivity index (χ3n) is 2.89. The van der Waals surface area contributed by atoms with Gasteiger partial charge >= 0.3 is 5.97 Å². The first-order valence-electron chi connectivity index (χ1n) is 6.62. The smallest absolute Gasteiger partial charge is 0.350 e. The predicted molar refractivity (Wildman–Crippen MR) is 89.5 cm³/mol. The van der Waals surface area contributed by atoms with Gasteiger partial charge in [-0.15, -0.1) is 11.3 Å². The van der Waals surface area contributed by atoms with Gasteiger partial charge in [0.2, 0.25) is 0 Å². The molecule has 0 N–H and O–H groups in total. The van der Waals surface area contributed by atoms with Gasteiger partial charge in [-0.3, -0.25) is 0 Å². The van der Waals surface area contributed by atoms with E-state index in [9.17, 15) is 4.79 Å². The van der Waals surface area contributed by atoms with Crippen LogP contribution in [0.25, 0.3) is 10.4 Å². The zero-order valence-corrected chi connectivity index (χ0v) is 13.8. The van der Waals surface area contributed by atoms with Crippen molar-refractivity contribution in [2.45, 2.75) is 0 Å². The third-order valence-corrected chi connectivity index (χ3v) is 4.04. The molecule has 0 aliphatic rings. The molecule has 0 radical (unpaired) electrons. The fourth-order valence-electron chi connectivity index (χ4n) is 1.79. The molecular formula is C16H18N2O3S. The monoisotopic (exact) mass is 318 g/mol. The van der Waals surface area contributed by atoms with Crippen LogP contribution in [0.1, 0.15) is 9.67 Å². The lowest BCUT2D eigenvalue weighted by molar-refractivity contribution is 0.0607. The number of benzene rings is 1. The molecule has 2 rings (SSSR count). The molecule has 0 amide bonds. The van der Waals surface area contributed by atoms with Gasteiger partial charge in [-0.2, -0.15) is 0 Å². The molecule has 2 aromatic rings. The summed E-state index contributed by atoms with van der Waals surface area (Å²) >= 11 is 1.36. The molecule has 1 aromatic carbocycles. The summed E-state index contributed by atoms with van der Waals surface area (Å²) in [7, 11) is 6.74. The standard InChI is InChI=1S/C16H18N2O3S/c1-18(2)10-17-13-9-14(22-15(13)16(19)21-4)11-5-7-12(20-3)8-6-11/h5-10H,1-4H3. The number of aliphatic imine (C=N–C) groups is 1. The highest BCUT2D eigenvalue weighted by molar-refractivity contribution is 7.18. The van der Waals surface area contributed by atoms with E-state index in [2.05, 4.69) is 4.99 Å². The molecule has 0 aliphatic carbocycles. The first-order chi connectivity index (χ1) is 10.5. The van der Waals surface area contributed by atoms with Crippen molar-refractivity contribution in [1.29, 1.82) is 0 Å². The van der Waals surface area contributed by atoms with Crippen LogP contribution in [0.5, 0.6) is 5.75 Å². The third kappa shape index (κ3) is 3.65. The number of hydrogen-bond acceptors (Lipinski definition) is 5. The van der Waals surface area contributed by atoms with Gasteiger partial charge in [-0.05, 0) is 35.9 Å². The quantitative estimate of drug-likeness (QED) is 0.481. The van der Waals surface area contributed by atoms with Crippen molar-refractivity contribution in [2.75, 3.05) is 28.3 Å². The summed E-state index contributed by atoms with van der Waals surface area (Å²) in [4.78, 5) is 19.5. The number of ether oxygens (including phenoxy) is 2. The van der Waals surface area contributed by atoms with Gasteiger partial charge in [-0.25, -0.2) is 9.79 Å². The van der Waals surface area contributed by atoms with Crippen LogP contribution in [0.2, 0.25) is 0 Å². The van der Waals surface area contributed by atoms with Gasteiger partial charge in [0.1, 0.15) is 10.6 Å². The fraction of sp³-hybridized carbons (Fsp3) is 0.250. The Morgan fingerprint density at radius 2 is 1.91 bits per heavy atom. The number of rotatable bonds is 5. The summed E-state index contributed by atoms with van der Waals surface area (Å²) in [6, 6.07) is 9.56. The second kappa shape index (κ2) is 7.09. The second-order valence-corrected chi connectivity index (χ2v) is 5.81. The minimum Gasteiger partial charge on any atom is -0.497 e. The maximum atomic E-state index is 11.9. The van der Waals surface area contributed by atoms with Crippen molar-refractivity contribution in [3.63, 3.8) is 0 Å². The number of thiophene rings is 1. The highest BCUT2D eigenvalue weighted by atomic mass is 32.1. The maximum Gasteiger partial charge on any atom is 0.350 e. The van der Waals surface area contributed by atoms with Gasteiger partial charge in [0, 0.05) is 19.0 Å². The van der Waals surface area contributed by atoms with Crippen LogP contribution in [-0.4, -0.2) is 45.5 Å². The molecule has 1 heterocycles. The molecule has 116 valence electrons. The highest BCUT2D eigenvalue weighted by Crippen LogP contribution is 2.37. The van der Waals surface area contributed by atoms with Crippen LogP contribution < -0.4 is 4.74 Å². The lowest BCUT2D eigenvalue weighted by Gasteiger charge is -2.02. The minimum absolute atomic E-state index is 0.379. The van der Waals surface area contributed by atoms with Crippen LogP contribution in [0.3, 0.4) is 0 Å². The summed E-state index contributed by atoms with van der Waals surface area (Å²) in [6.45, 7) is 0. The number of hydrogen-bond donors (Lipinski definition) is 0. The molecular weight excluding hydrogens is 300 g/mol. The predicted octanol–water partition coefficient (Wildman–Crippen LogP) is 3.43. The number of carbonyl (C=O) groups excluding carboxylic acids is 1. The van der Waals surface area contributed by atoms with Crippen molar-refractivity contribution in [2.24, 2.45) is 4.99 Å². The van der Waals surface area contributed by atoms with Crippen molar-refractivity contribution in [3.8, 4) is 16.2 Å². The van der Waals surface area contributed by atoms with Crippen LogP contribution in [0, 0.1) is 0 Å². The number of nitrogens with zero attached hydrogens (tertiary/aromatic N) is 2. The molecule has 0 spiro atoms. The maximum absolute atomic E-state index is 11.9. The van der Waals surface area contributed by atoms with Gasteiger partial charge in [0.25, 0.3) is 0 Å². The summed E-state index contributed by atoms with van der Waals surface area (Å²) in [6.07, 6.45) is 1.66. The zero-order valence-electron chi connectivity index (χ0n) is 13.0. The first-order valence-corrected chi connectivity index (χ1v) is 7.44. The Kier molecular flexibility index (Phi) is 5.16. The van der Waals surface area contributed by atoms with Crippen LogP contribution in [0.4, 0.5) is 5.69 Å². The molecule has 22 heavy (non-hydrogen) atoms. The van der Waals surface area contributed by atoms with E-state index in [4.69, 9.17) is 9.47 Å². The SMILES string of the molecule is COC(=O)c1sc(-c2ccc(OC)cc2)cc1N=CN(C)C. The average molecular weight is 318 g/mol. The number of esters is 1. The summed E-state index contributed by atoms with van der Waals surface area (Å²) in [5.74, 6) is 0.412. The Labute approximate surface area is 133 Å². The zero-order chi connectivity index (χ0) is 16.1. The molecule has 0 atom stereocenters. The van der Waals surface area contributed by atoms with Crippen molar-refractivity contribution >= 4 is 29.3 Å². The Morgan fingerprint density at radius 3 is 2.45 bits per heavy atom. The number of carbonyl (C=O) groups is 1. The van der Waals surface area contributed by atoms with Crippen molar-refractivity contribution < 1.29 is 14.3 Å². The Balaban J connectivity index is 2.41. The molecule has 0 unspecified atom stereocenters. The molecule has 6 heteroatoms. The van der Waals surface area contributed by atoms with E-state index in [-0.39, 0.29) is 5.97 Å². The lowest BCUT2D eigenvalue weighted by atomic mass is 10.2. The summed E-state index contributed by atoms with van der Waals surface area (Å²) < 4.78 is 9.99. The van der Waals surface area contributed by atoms with E-state index in [1.54, 1.807) is 13.4 Å². The van der Waals surface area contributed by atoms with Crippen molar-refractivity contribution in [3.05, 3.63) is 35.2 Å². The Bertz CT molecular complexity index is 675. The minimum atomic E-state index is -0.379. The van der Waals surface area contributed by atoms with Crippen molar-refractivity contribution in [1.82, 2.24) is 4.90 Å². The van der Waals surface area contributed by atoms with E-state index < -0.39 is 0 Å². The Hall–Kier alpha value is -2.34.